The second-order valence-electron chi connectivity index (χ2n) is 8.48. The van der Waals surface area contributed by atoms with Crippen LogP contribution < -0.4 is 5.32 Å². The molecule has 158 valence electrons. The van der Waals surface area contributed by atoms with Crippen molar-refractivity contribution in [2.24, 2.45) is 0 Å². The van der Waals surface area contributed by atoms with Crippen molar-refractivity contribution >= 4 is 28.1 Å². The first-order valence-electron chi connectivity index (χ1n) is 10.7. The van der Waals surface area contributed by atoms with Gasteiger partial charge in [-0.1, -0.05) is 5.16 Å². The van der Waals surface area contributed by atoms with Gasteiger partial charge in [0, 0.05) is 40.2 Å². The topological polar surface area (TPSA) is 58.4 Å². The molecule has 3 aromatic rings. The number of carbonyl (C=O) groups excluding carboxylic acids is 1. The molecule has 0 amide bonds. The molecule has 5 rings (SSSR count). The van der Waals surface area contributed by atoms with Crippen molar-refractivity contribution in [3.8, 4) is 0 Å². The molecule has 0 bridgehead atoms. The molecule has 5 nitrogen and oxygen atoms in total. The summed E-state index contributed by atoms with van der Waals surface area (Å²) in [6.45, 7) is 5.61. The summed E-state index contributed by atoms with van der Waals surface area (Å²) < 4.78 is 18.7. The van der Waals surface area contributed by atoms with Gasteiger partial charge in [-0.05, 0) is 69.5 Å². The summed E-state index contributed by atoms with van der Waals surface area (Å²) in [6.07, 6.45) is 3.97. The SMILES string of the molecule is CC(=O)C1Cc2cc(CCN3CCC(c4noc5cc(F)ccc45)CC3)sc2CN1. The maximum absolute atomic E-state index is 13.4. The van der Waals surface area contributed by atoms with Gasteiger partial charge in [-0.2, -0.15) is 0 Å². The molecule has 2 aromatic heterocycles. The van der Waals surface area contributed by atoms with E-state index in [2.05, 4.69) is 21.4 Å². The van der Waals surface area contributed by atoms with Crippen LogP contribution in [0.25, 0.3) is 11.0 Å². The molecule has 4 heterocycles. The number of piperidine rings is 1. The molecule has 1 saturated heterocycles. The van der Waals surface area contributed by atoms with E-state index in [0.29, 0.717) is 11.5 Å². The van der Waals surface area contributed by atoms with Crippen LogP contribution >= 0.6 is 11.3 Å². The molecular weight excluding hydrogens is 401 g/mol. The Morgan fingerprint density at radius 3 is 2.97 bits per heavy atom. The van der Waals surface area contributed by atoms with Crippen molar-refractivity contribution in [3.63, 3.8) is 0 Å². The molecule has 7 heteroatoms. The van der Waals surface area contributed by atoms with Crippen molar-refractivity contribution in [3.05, 3.63) is 51.1 Å². The maximum Gasteiger partial charge on any atom is 0.170 e. The number of carbonyl (C=O) groups is 1. The monoisotopic (exact) mass is 427 g/mol. The minimum absolute atomic E-state index is 0.0249. The fourth-order valence-electron chi connectivity index (χ4n) is 4.69. The molecule has 1 atom stereocenters. The van der Waals surface area contributed by atoms with E-state index in [4.69, 9.17) is 4.52 Å². The van der Waals surface area contributed by atoms with Gasteiger partial charge in [-0.3, -0.25) is 4.79 Å². The van der Waals surface area contributed by atoms with Crippen LogP contribution in [0.2, 0.25) is 0 Å². The number of hydrogen-bond acceptors (Lipinski definition) is 6. The fourth-order valence-corrected chi connectivity index (χ4v) is 5.83. The molecule has 0 aliphatic carbocycles. The van der Waals surface area contributed by atoms with Gasteiger partial charge < -0.3 is 14.7 Å². The Morgan fingerprint density at radius 2 is 2.17 bits per heavy atom. The van der Waals surface area contributed by atoms with Gasteiger partial charge in [-0.25, -0.2) is 4.39 Å². The van der Waals surface area contributed by atoms with E-state index in [9.17, 15) is 9.18 Å². The third-order valence-electron chi connectivity index (χ3n) is 6.48. The van der Waals surface area contributed by atoms with Crippen LogP contribution in [0.1, 0.15) is 46.7 Å². The molecule has 0 saturated carbocycles. The number of nitrogens with one attached hydrogen (secondary N) is 1. The van der Waals surface area contributed by atoms with Crippen LogP contribution in [-0.4, -0.2) is 41.5 Å². The number of fused-ring (bicyclic) bond motifs is 2. The predicted molar refractivity (Wildman–Crippen MR) is 115 cm³/mol. The Morgan fingerprint density at radius 1 is 1.33 bits per heavy atom. The van der Waals surface area contributed by atoms with Crippen molar-refractivity contribution in [1.82, 2.24) is 15.4 Å². The Balaban J connectivity index is 1.16. The molecule has 0 spiro atoms. The molecule has 2 aliphatic rings. The summed E-state index contributed by atoms with van der Waals surface area (Å²) in [5, 5.41) is 8.53. The van der Waals surface area contributed by atoms with Gasteiger partial charge >= 0.3 is 0 Å². The zero-order chi connectivity index (χ0) is 20.7. The van der Waals surface area contributed by atoms with E-state index in [1.54, 1.807) is 13.0 Å². The minimum atomic E-state index is -0.289. The summed E-state index contributed by atoms with van der Waals surface area (Å²) in [7, 11) is 0. The first-order chi connectivity index (χ1) is 14.6. The summed E-state index contributed by atoms with van der Waals surface area (Å²) in [4.78, 5) is 17.0. The van der Waals surface area contributed by atoms with E-state index >= 15 is 0 Å². The highest BCUT2D eigenvalue weighted by Crippen LogP contribution is 2.33. The number of ketones is 1. The van der Waals surface area contributed by atoms with Gasteiger partial charge in [0.2, 0.25) is 0 Å². The number of Topliss-reactive ketones (excluding diaryl/α,β-unsaturated/α-hetero) is 1. The maximum atomic E-state index is 13.4. The number of thiophene rings is 1. The third-order valence-corrected chi connectivity index (χ3v) is 7.72. The molecule has 1 N–H and O–H groups in total. The number of halogens is 1. The Labute approximate surface area is 179 Å². The summed E-state index contributed by atoms with van der Waals surface area (Å²) in [5.74, 6) is 0.306. The molecule has 0 radical (unpaired) electrons. The van der Waals surface area contributed by atoms with Crippen LogP contribution in [0, 0.1) is 5.82 Å². The first-order valence-corrected chi connectivity index (χ1v) is 11.5. The minimum Gasteiger partial charge on any atom is -0.356 e. The average Bonchev–Trinajstić information content (AvgIpc) is 3.35. The number of hydrogen-bond donors (Lipinski definition) is 1. The van der Waals surface area contributed by atoms with Gasteiger partial charge in [0.1, 0.15) is 11.6 Å². The zero-order valence-electron chi connectivity index (χ0n) is 17.1. The van der Waals surface area contributed by atoms with E-state index in [1.807, 2.05) is 11.3 Å². The number of likely N-dealkylation sites (tertiary alicyclic amines) is 1. The molecular formula is C23H26FN3O2S. The molecule has 30 heavy (non-hydrogen) atoms. The predicted octanol–water partition coefficient (Wildman–Crippen LogP) is 4.05. The molecule has 1 aromatic carbocycles. The Kier molecular flexibility index (Phi) is 5.43. The number of aromatic nitrogens is 1. The van der Waals surface area contributed by atoms with Gasteiger partial charge in [0.15, 0.2) is 5.58 Å². The second-order valence-corrected chi connectivity index (χ2v) is 9.70. The van der Waals surface area contributed by atoms with Gasteiger partial charge in [-0.15, -0.1) is 11.3 Å². The lowest BCUT2D eigenvalue weighted by Gasteiger charge is -2.31. The van der Waals surface area contributed by atoms with Gasteiger partial charge in [0.05, 0.1) is 11.7 Å². The average molecular weight is 428 g/mol. The summed E-state index contributed by atoms with van der Waals surface area (Å²) in [5.41, 5.74) is 2.86. The van der Waals surface area contributed by atoms with Gasteiger partial charge in [0.25, 0.3) is 0 Å². The van der Waals surface area contributed by atoms with Crippen molar-refractivity contribution < 1.29 is 13.7 Å². The largest absolute Gasteiger partial charge is 0.356 e. The summed E-state index contributed by atoms with van der Waals surface area (Å²) >= 11 is 1.89. The fraction of sp³-hybridized carbons (Fsp3) is 0.478. The van der Waals surface area contributed by atoms with Crippen LogP contribution in [0.15, 0.2) is 28.8 Å². The highest BCUT2D eigenvalue weighted by molar-refractivity contribution is 7.12. The van der Waals surface area contributed by atoms with Crippen molar-refractivity contribution in [1.29, 1.82) is 0 Å². The van der Waals surface area contributed by atoms with Crippen LogP contribution in [0.4, 0.5) is 4.39 Å². The van der Waals surface area contributed by atoms with Crippen LogP contribution in [-0.2, 0) is 24.2 Å². The first kappa shape index (κ1) is 19.8. The smallest absolute Gasteiger partial charge is 0.170 e. The van der Waals surface area contributed by atoms with E-state index in [0.717, 1.165) is 62.9 Å². The molecule has 2 aliphatic heterocycles. The summed E-state index contributed by atoms with van der Waals surface area (Å²) in [6, 6.07) is 6.96. The highest BCUT2D eigenvalue weighted by atomic mass is 32.1. The lowest BCUT2D eigenvalue weighted by atomic mass is 9.91. The number of benzene rings is 1. The lowest BCUT2D eigenvalue weighted by Crippen LogP contribution is -2.39. The van der Waals surface area contributed by atoms with E-state index < -0.39 is 0 Å². The quantitative estimate of drug-likeness (QED) is 0.666. The lowest BCUT2D eigenvalue weighted by molar-refractivity contribution is -0.119. The Bertz CT molecular complexity index is 1070. The standard InChI is InChI=1S/C23H26FN3O2S/c1-14(28)20-11-16-10-18(30-22(16)13-25-20)6-9-27-7-4-15(5-8-27)23-19-3-2-17(24)12-21(19)29-26-23/h2-3,10,12,15,20,25H,4-9,11,13H2,1H3. The zero-order valence-corrected chi connectivity index (χ0v) is 17.9. The van der Waals surface area contributed by atoms with Crippen molar-refractivity contribution in [2.75, 3.05) is 19.6 Å². The Hall–Kier alpha value is -2.09. The van der Waals surface area contributed by atoms with E-state index in [1.165, 1.54) is 27.5 Å². The highest BCUT2D eigenvalue weighted by Gasteiger charge is 2.26. The molecule has 1 fully saturated rings. The molecule has 1 unspecified atom stereocenters. The van der Waals surface area contributed by atoms with Crippen LogP contribution in [0.3, 0.4) is 0 Å². The normalized spacial score (nSPS) is 20.5. The second kappa shape index (κ2) is 8.21. The van der Waals surface area contributed by atoms with Crippen LogP contribution in [0.5, 0.6) is 0 Å². The van der Waals surface area contributed by atoms with E-state index in [-0.39, 0.29) is 17.6 Å². The third kappa shape index (κ3) is 3.94. The number of rotatable bonds is 5. The van der Waals surface area contributed by atoms with Crippen molar-refractivity contribution in [2.45, 2.75) is 51.1 Å². The number of nitrogens with zero attached hydrogens (tertiary/aromatic N) is 2.